The van der Waals surface area contributed by atoms with Crippen molar-refractivity contribution in [3.05, 3.63) is 75.9 Å². The molecule has 0 spiro atoms. The monoisotopic (exact) mass is 484 g/mol. The average Bonchev–Trinajstić information content (AvgIpc) is 2.73. The lowest BCUT2D eigenvalue weighted by Crippen LogP contribution is -2.41. The molecule has 4 nitrogen and oxygen atoms in total. The van der Waals surface area contributed by atoms with Gasteiger partial charge in [0.25, 0.3) is 5.91 Å². The Balaban J connectivity index is 1.41. The number of benzene rings is 3. The van der Waals surface area contributed by atoms with Gasteiger partial charge in [-0.3, -0.25) is 9.59 Å². The predicted octanol–water partition coefficient (Wildman–Crippen LogP) is 4.94. The molecule has 1 fully saturated rings. The van der Waals surface area contributed by atoms with Gasteiger partial charge in [-0.15, -0.1) is 0 Å². The molecule has 0 saturated carbocycles. The minimum atomic E-state index is -0.0607. The first-order valence-corrected chi connectivity index (χ1v) is 10.5. The number of nitrogens with one attached hydrogen (secondary N) is 1. The van der Waals surface area contributed by atoms with Crippen molar-refractivity contribution >= 4 is 50.9 Å². The van der Waals surface area contributed by atoms with Crippen LogP contribution in [0.25, 0.3) is 10.8 Å². The molecule has 0 atom stereocenters. The summed E-state index contributed by atoms with van der Waals surface area (Å²) in [6.07, 6.45) is 1.37. The molecule has 5 heteroatoms. The zero-order valence-corrected chi connectivity index (χ0v) is 17.6. The number of amides is 2. The van der Waals surface area contributed by atoms with E-state index in [1.54, 1.807) is 0 Å². The van der Waals surface area contributed by atoms with Gasteiger partial charge in [0.05, 0.1) is 0 Å². The van der Waals surface area contributed by atoms with Crippen molar-refractivity contribution in [2.75, 3.05) is 18.4 Å². The van der Waals surface area contributed by atoms with Crippen LogP contribution in [0.2, 0.25) is 0 Å². The molecular weight excluding hydrogens is 463 g/mol. The quantitative estimate of drug-likeness (QED) is 0.536. The molecule has 1 N–H and O–H groups in total. The van der Waals surface area contributed by atoms with Crippen molar-refractivity contribution in [2.24, 2.45) is 5.92 Å². The van der Waals surface area contributed by atoms with E-state index in [1.807, 2.05) is 71.6 Å². The van der Waals surface area contributed by atoms with E-state index >= 15 is 0 Å². The van der Waals surface area contributed by atoms with Crippen LogP contribution in [-0.4, -0.2) is 29.8 Å². The lowest BCUT2D eigenvalue weighted by atomic mass is 9.94. The summed E-state index contributed by atoms with van der Waals surface area (Å²) in [5.74, 6) is 0.0296. The van der Waals surface area contributed by atoms with E-state index in [4.69, 9.17) is 0 Å². The molecule has 28 heavy (non-hydrogen) atoms. The Bertz CT molecular complexity index is 1020. The number of piperidine rings is 1. The molecule has 3 aromatic carbocycles. The minimum absolute atomic E-state index is 0.0410. The SMILES string of the molecule is O=C(Nc1cccc(I)c1)C1CCN(C(=O)c2cccc3ccccc23)CC1. The summed E-state index contributed by atoms with van der Waals surface area (Å²) in [5, 5.41) is 5.05. The van der Waals surface area contributed by atoms with Crippen LogP contribution in [-0.2, 0) is 4.79 Å². The predicted molar refractivity (Wildman–Crippen MR) is 120 cm³/mol. The largest absolute Gasteiger partial charge is 0.339 e. The van der Waals surface area contributed by atoms with Gasteiger partial charge in [-0.2, -0.15) is 0 Å². The van der Waals surface area contributed by atoms with Crippen molar-refractivity contribution in [1.29, 1.82) is 0 Å². The summed E-state index contributed by atoms with van der Waals surface area (Å²) >= 11 is 2.23. The third-order valence-electron chi connectivity index (χ3n) is 5.27. The Hall–Kier alpha value is -2.41. The van der Waals surface area contributed by atoms with Crippen molar-refractivity contribution in [3.8, 4) is 0 Å². The molecule has 1 heterocycles. The second-order valence-electron chi connectivity index (χ2n) is 7.09. The number of fused-ring (bicyclic) bond motifs is 1. The average molecular weight is 484 g/mol. The summed E-state index contributed by atoms with van der Waals surface area (Å²) in [4.78, 5) is 27.5. The fraction of sp³-hybridized carbons (Fsp3) is 0.217. The van der Waals surface area contributed by atoms with Crippen molar-refractivity contribution < 1.29 is 9.59 Å². The lowest BCUT2D eigenvalue weighted by molar-refractivity contribution is -0.121. The van der Waals surface area contributed by atoms with Crippen molar-refractivity contribution in [3.63, 3.8) is 0 Å². The molecule has 142 valence electrons. The molecule has 1 aliphatic heterocycles. The zero-order chi connectivity index (χ0) is 19.5. The third-order valence-corrected chi connectivity index (χ3v) is 5.94. The highest BCUT2D eigenvalue weighted by Crippen LogP contribution is 2.24. The highest BCUT2D eigenvalue weighted by Gasteiger charge is 2.28. The Labute approximate surface area is 178 Å². The zero-order valence-electron chi connectivity index (χ0n) is 15.4. The molecule has 0 aromatic heterocycles. The summed E-state index contributed by atoms with van der Waals surface area (Å²) in [7, 11) is 0. The molecular formula is C23H21IN2O2. The molecule has 1 saturated heterocycles. The molecule has 2 amide bonds. The second-order valence-corrected chi connectivity index (χ2v) is 8.34. The van der Waals surface area contributed by atoms with E-state index in [1.165, 1.54) is 0 Å². The Morgan fingerprint density at radius 3 is 2.43 bits per heavy atom. The number of halogens is 1. The Kier molecular flexibility index (Phi) is 5.62. The van der Waals surface area contributed by atoms with E-state index < -0.39 is 0 Å². The Morgan fingerprint density at radius 1 is 0.929 bits per heavy atom. The number of hydrogen-bond acceptors (Lipinski definition) is 2. The Morgan fingerprint density at radius 2 is 1.64 bits per heavy atom. The van der Waals surface area contributed by atoms with Crippen LogP contribution in [0, 0.1) is 9.49 Å². The molecule has 0 bridgehead atoms. The van der Waals surface area contributed by atoms with Crippen LogP contribution < -0.4 is 5.32 Å². The van der Waals surface area contributed by atoms with Crippen LogP contribution in [0.1, 0.15) is 23.2 Å². The standard InChI is InChI=1S/C23H21IN2O2/c24-18-7-4-8-19(15-18)25-22(27)17-11-13-26(14-12-17)23(28)21-10-3-6-16-5-1-2-9-20(16)21/h1-10,15,17H,11-14H2,(H,25,27). The molecule has 0 aliphatic carbocycles. The maximum atomic E-state index is 13.0. The fourth-order valence-corrected chi connectivity index (χ4v) is 4.28. The normalized spacial score (nSPS) is 14.8. The van der Waals surface area contributed by atoms with Crippen LogP contribution in [0.5, 0.6) is 0 Å². The van der Waals surface area contributed by atoms with E-state index in [-0.39, 0.29) is 17.7 Å². The first-order valence-electron chi connectivity index (χ1n) is 9.45. The van der Waals surface area contributed by atoms with Gasteiger partial charge in [0, 0.05) is 33.8 Å². The number of hydrogen-bond donors (Lipinski definition) is 1. The van der Waals surface area contributed by atoms with Crippen LogP contribution in [0.15, 0.2) is 66.7 Å². The van der Waals surface area contributed by atoms with Gasteiger partial charge >= 0.3 is 0 Å². The number of nitrogens with zero attached hydrogens (tertiary/aromatic N) is 1. The summed E-state index contributed by atoms with van der Waals surface area (Å²) < 4.78 is 1.09. The van der Waals surface area contributed by atoms with E-state index in [2.05, 4.69) is 27.9 Å². The van der Waals surface area contributed by atoms with E-state index in [0.29, 0.717) is 25.9 Å². The van der Waals surface area contributed by atoms with Gasteiger partial charge in [-0.05, 0) is 70.5 Å². The lowest BCUT2D eigenvalue weighted by Gasteiger charge is -2.31. The molecule has 0 unspecified atom stereocenters. The van der Waals surface area contributed by atoms with E-state index in [9.17, 15) is 9.59 Å². The van der Waals surface area contributed by atoms with Gasteiger partial charge < -0.3 is 10.2 Å². The maximum Gasteiger partial charge on any atom is 0.254 e. The van der Waals surface area contributed by atoms with Crippen LogP contribution >= 0.6 is 22.6 Å². The van der Waals surface area contributed by atoms with E-state index in [0.717, 1.165) is 25.6 Å². The molecule has 4 rings (SSSR count). The maximum absolute atomic E-state index is 13.0. The topological polar surface area (TPSA) is 49.4 Å². The number of carbonyl (C=O) groups excluding carboxylic acids is 2. The molecule has 0 radical (unpaired) electrons. The number of likely N-dealkylation sites (tertiary alicyclic amines) is 1. The van der Waals surface area contributed by atoms with Crippen molar-refractivity contribution in [2.45, 2.75) is 12.8 Å². The number of carbonyl (C=O) groups is 2. The van der Waals surface area contributed by atoms with Gasteiger partial charge in [0.15, 0.2) is 0 Å². The minimum Gasteiger partial charge on any atom is -0.339 e. The number of rotatable bonds is 3. The van der Waals surface area contributed by atoms with Gasteiger partial charge in [0.2, 0.25) is 5.91 Å². The highest BCUT2D eigenvalue weighted by atomic mass is 127. The molecule has 1 aliphatic rings. The third kappa shape index (κ3) is 4.04. The summed E-state index contributed by atoms with van der Waals surface area (Å²) in [5.41, 5.74) is 1.56. The van der Waals surface area contributed by atoms with Crippen LogP contribution in [0.4, 0.5) is 5.69 Å². The summed E-state index contributed by atoms with van der Waals surface area (Å²) in [6.45, 7) is 1.21. The molecule has 3 aromatic rings. The second kappa shape index (κ2) is 8.31. The first kappa shape index (κ1) is 18.9. The summed E-state index contributed by atoms with van der Waals surface area (Å²) in [6, 6.07) is 21.6. The number of anilines is 1. The highest BCUT2D eigenvalue weighted by molar-refractivity contribution is 14.1. The smallest absolute Gasteiger partial charge is 0.254 e. The fourth-order valence-electron chi connectivity index (χ4n) is 3.74. The first-order chi connectivity index (χ1) is 13.6. The van der Waals surface area contributed by atoms with Gasteiger partial charge in [0.1, 0.15) is 0 Å². The van der Waals surface area contributed by atoms with Gasteiger partial charge in [-0.1, -0.05) is 42.5 Å². The van der Waals surface area contributed by atoms with Crippen LogP contribution in [0.3, 0.4) is 0 Å². The van der Waals surface area contributed by atoms with Crippen molar-refractivity contribution in [1.82, 2.24) is 4.90 Å². The van der Waals surface area contributed by atoms with Gasteiger partial charge in [-0.25, -0.2) is 0 Å².